The van der Waals surface area contributed by atoms with Crippen LogP contribution in [0, 0.1) is 5.92 Å². The lowest BCUT2D eigenvalue weighted by molar-refractivity contribution is -0.144. The fourth-order valence-electron chi connectivity index (χ4n) is 2.70. The maximum absolute atomic E-state index is 12.8. The number of nitrogens with one attached hydrogen (secondary N) is 3. The normalized spacial score (nSPS) is 14.2. The van der Waals surface area contributed by atoms with E-state index >= 15 is 0 Å². The predicted molar refractivity (Wildman–Crippen MR) is 115 cm³/mol. The molecule has 4 atom stereocenters. The largest absolute Gasteiger partial charge is 0.481 e. The fourth-order valence-corrected chi connectivity index (χ4v) is 2.70. The number of hydrogen-bond acceptors (Lipinski definition) is 8. The first-order valence-corrected chi connectivity index (χ1v) is 10.3. The number of carbonyl (C=O) groups excluding carboxylic acids is 5. The number of primary amides is 2. The van der Waals surface area contributed by atoms with Crippen LogP contribution in [0.4, 0.5) is 0 Å². The molecule has 192 valence electrons. The number of amides is 5. The zero-order chi connectivity index (χ0) is 26.6. The van der Waals surface area contributed by atoms with Crippen molar-refractivity contribution in [3.63, 3.8) is 0 Å². The maximum Gasteiger partial charge on any atom is 0.326 e. The summed E-state index contributed by atoms with van der Waals surface area (Å²) in [4.78, 5) is 81.8. The Kier molecular flexibility index (Phi) is 12.8. The van der Waals surface area contributed by atoms with Gasteiger partial charge in [-0.3, -0.25) is 28.8 Å². The fraction of sp³-hybridized carbons (Fsp3) is 0.632. The Labute approximate surface area is 195 Å². The van der Waals surface area contributed by atoms with Gasteiger partial charge in [-0.05, 0) is 18.8 Å². The Morgan fingerprint density at radius 1 is 0.735 bits per heavy atom. The van der Waals surface area contributed by atoms with Crippen molar-refractivity contribution in [1.82, 2.24) is 16.0 Å². The van der Waals surface area contributed by atoms with Gasteiger partial charge >= 0.3 is 11.9 Å². The lowest BCUT2D eigenvalue weighted by Crippen LogP contribution is -2.58. The van der Waals surface area contributed by atoms with Crippen LogP contribution in [-0.4, -0.2) is 75.9 Å². The molecule has 0 aromatic carbocycles. The highest BCUT2D eigenvalue weighted by Gasteiger charge is 2.32. The smallest absolute Gasteiger partial charge is 0.326 e. The van der Waals surface area contributed by atoms with E-state index in [1.807, 2.05) is 0 Å². The van der Waals surface area contributed by atoms with Crippen LogP contribution < -0.4 is 33.2 Å². The van der Waals surface area contributed by atoms with Crippen LogP contribution >= 0.6 is 0 Å². The zero-order valence-corrected chi connectivity index (χ0v) is 18.9. The highest BCUT2D eigenvalue weighted by molar-refractivity contribution is 5.95. The van der Waals surface area contributed by atoms with E-state index in [1.165, 1.54) is 0 Å². The van der Waals surface area contributed by atoms with Crippen molar-refractivity contribution >= 4 is 41.5 Å². The molecule has 15 nitrogen and oxygen atoms in total. The molecule has 0 saturated carbocycles. The van der Waals surface area contributed by atoms with Crippen molar-refractivity contribution in [3.8, 4) is 0 Å². The van der Waals surface area contributed by atoms with Crippen molar-refractivity contribution in [1.29, 1.82) is 0 Å². The molecule has 34 heavy (non-hydrogen) atoms. The second-order valence-corrected chi connectivity index (χ2v) is 7.91. The third kappa shape index (κ3) is 11.8. The SMILES string of the molecule is CC(C)C(NC(=O)C(CCC(N)=O)NC(=O)C(N)CCC(=O)O)C(=O)NC(CC(N)=O)C(=O)O. The van der Waals surface area contributed by atoms with Gasteiger partial charge in [0.25, 0.3) is 0 Å². The number of aliphatic carboxylic acids is 2. The van der Waals surface area contributed by atoms with Crippen molar-refractivity contribution < 1.29 is 43.8 Å². The molecule has 0 fully saturated rings. The molecule has 15 heteroatoms. The van der Waals surface area contributed by atoms with Crippen molar-refractivity contribution in [2.24, 2.45) is 23.1 Å². The molecule has 0 spiro atoms. The van der Waals surface area contributed by atoms with Crippen LogP contribution in [0.25, 0.3) is 0 Å². The summed E-state index contributed by atoms with van der Waals surface area (Å²) in [5.74, 6) is -7.65. The van der Waals surface area contributed by atoms with Crippen molar-refractivity contribution in [3.05, 3.63) is 0 Å². The number of carboxylic acid groups (broad SMARTS) is 2. The Balaban J connectivity index is 5.48. The van der Waals surface area contributed by atoms with Gasteiger partial charge in [0, 0.05) is 12.8 Å². The predicted octanol–water partition coefficient (Wildman–Crippen LogP) is -3.49. The van der Waals surface area contributed by atoms with Crippen LogP contribution in [0.2, 0.25) is 0 Å². The van der Waals surface area contributed by atoms with E-state index < -0.39 is 84.4 Å². The van der Waals surface area contributed by atoms with Gasteiger partial charge in [0.15, 0.2) is 0 Å². The van der Waals surface area contributed by atoms with Crippen LogP contribution in [0.1, 0.15) is 46.0 Å². The number of rotatable bonds is 16. The number of carbonyl (C=O) groups is 7. The molecule has 0 aliphatic rings. The van der Waals surface area contributed by atoms with Gasteiger partial charge in [-0.2, -0.15) is 0 Å². The second kappa shape index (κ2) is 14.4. The standard InChI is InChI=1S/C19H32N6O9/c1-8(2)15(18(32)24-11(19(33)34)7-13(22)27)25-17(31)10(4-5-12(21)26)23-16(30)9(20)3-6-14(28)29/h8-11,15H,3-7,20H2,1-2H3,(H2,21,26)(H2,22,27)(H,23,30)(H,24,32)(H,25,31)(H,28,29)(H,33,34). The van der Waals surface area contributed by atoms with E-state index in [4.69, 9.17) is 27.4 Å². The van der Waals surface area contributed by atoms with Crippen LogP contribution in [0.3, 0.4) is 0 Å². The molecular formula is C19H32N6O9. The van der Waals surface area contributed by atoms with E-state index in [2.05, 4.69) is 16.0 Å². The molecule has 0 aromatic heterocycles. The average Bonchev–Trinajstić information content (AvgIpc) is 2.71. The minimum atomic E-state index is -1.62. The van der Waals surface area contributed by atoms with Crippen LogP contribution in [0.15, 0.2) is 0 Å². The van der Waals surface area contributed by atoms with Crippen LogP contribution in [-0.2, 0) is 33.6 Å². The highest BCUT2D eigenvalue weighted by atomic mass is 16.4. The van der Waals surface area contributed by atoms with Crippen molar-refractivity contribution in [2.45, 2.75) is 70.1 Å². The summed E-state index contributed by atoms with van der Waals surface area (Å²) in [5, 5.41) is 24.7. The Hall–Kier alpha value is -3.75. The quantitative estimate of drug-likeness (QED) is 0.106. The summed E-state index contributed by atoms with van der Waals surface area (Å²) in [6.07, 6.45) is -1.83. The molecule has 0 saturated heterocycles. The molecule has 0 rings (SSSR count). The summed E-state index contributed by atoms with van der Waals surface area (Å²) < 4.78 is 0. The molecule has 0 aromatic rings. The molecule has 0 bridgehead atoms. The lowest BCUT2D eigenvalue weighted by atomic mass is 10.0. The summed E-state index contributed by atoms with van der Waals surface area (Å²) in [5.41, 5.74) is 15.7. The lowest BCUT2D eigenvalue weighted by Gasteiger charge is -2.27. The summed E-state index contributed by atoms with van der Waals surface area (Å²) in [7, 11) is 0. The minimum absolute atomic E-state index is 0.210. The van der Waals surface area contributed by atoms with Crippen LogP contribution in [0.5, 0.6) is 0 Å². The third-order valence-corrected chi connectivity index (χ3v) is 4.59. The zero-order valence-electron chi connectivity index (χ0n) is 18.9. The Morgan fingerprint density at radius 3 is 1.74 bits per heavy atom. The monoisotopic (exact) mass is 488 g/mol. The summed E-state index contributed by atoms with van der Waals surface area (Å²) >= 11 is 0. The average molecular weight is 488 g/mol. The molecule has 0 aliphatic carbocycles. The van der Waals surface area contributed by atoms with Gasteiger partial charge < -0.3 is 43.4 Å². The Morgan fingerprint density at radius 2 is 1.29 bits per heavy atom. The molecule has 5 amide bonds. The number of nitrogens with two attached hydrogens (primary N) is 3. The number of hydrogen-bond donors (Lipinski definition) is 8. The van der Waals surface area contributed by atoms with Gasteiger partial charge in [-0.1, -0.05) is 13.8 Å². The van der Waals surface area contributed by atoms with E-state index in [1.54, 1.807) is 13.8 Å². The first-order chi connectivity index (χ1) is 15.6. The molecule has 0 aliphatic heterocycles. The molecule has 11 N–H and O–H groups in total. The minimum Gasteiger partial charge on any atom is -0.481 e. The van der Waals surface area contributed by atoms with Gasteiger partial charge in [0.05, 0.1) is 12.5 Å². The summed E-state index contributed by atoms with van der Waals surface area (Å²) in [6, 6.07) is -5.52. The third-order valence-electron chi connectivity index (χ3n) is 4.59. The van der Waals surface area contributed by atoms with Gasteiger partial charge in [-0.25, -0.2) is 4.79 Å². The maximum atomic E-state index is 12.8. The highest BCUT2D eigenvalue weighted by Crippen LogP contribution is 2.07. The first-order valence-electron chi connectivity index (χ1n) is 10.3. The molecular weight excluding hydrogens is 456 g/mol. The van der Waals surface area contributed by atoms with E-state index in [-0.39, 0.29) is 19.3 Å². The van der Waals surface area contributed by atoms with E-state index in [0.717, 1.165) is 0 Å². The Bertz CT molecular complexity index is 801. The first kappa shape index (κ1) is 30.2. The van der Waals surface area contributed by atoms with E-state index in [9.17, 15) is 33.6 Å². The van der Waals surface area contributed by atoms with Crippen molar-refractivity contribution in [2.75, 3.05) is 0 Å². The molecule has 0 heterocycles. The second-order valence-electron chi connectivity index (χ2n) is 7.91. The van der Waals surface area contributed by atoms with Gasteiger partial charge in [0.2, 0.25) is 29.5 Å². The van der Waals surface area contributed by atoms with Gasteiger partial charge in [0.1, 0.15) is 18.1 Å². The van der Waals surface area contributed by atoms with E-state index in [0.29, 0.717) is 0 Å². The molecule has 4 unspecified atom stereocenters. The number of carboxylic acids is 2. The van der Waals surface area contributed by atoms with Gasteiger partial charge in [-0.15, -0.1) is 0 Å². The summed E-state index contributed by atoms with van der Waals surface area (Å²) in [6.45, 7) is 3.10. The molecule has 0 radical (unpaired) electrons. The topological polar surface area (TPSA) is 274 Å².